The first-order chi connectivity index (χ1) is 9.13. The van der Waals surface area contributed by atoms with E-state index in [1.807, 2.05) is 11.0 Å². The lowest BCUT2D eigenvalue weighted by atomic mass is 10.2. The summed E-state index contributed by atoms with van der Waals surface area (Å²) in [7, 11) is 2.06. The van der Waals surface area contributed by atoms with E-state index < -0.39 is 0 Å². The highest BCUT2D eigenvalue weighted by Gasteiger charge is 2.21. The zero-order valence-corrected chi connectivity index (χ0v) is 11.5. The molecule has 0 radical (unpaired) electrons. The summed E-state index contributed by atoms with van der Waals surface area (Å²) < 4.78 is 14.0. The SMILES string of the molecule is CN1CCN(C(=O)c2cc3ccc(F)cc3s2)CC1. The molecule has 0 unspecified atom stereocenters. The average molecular weight is 278 g/mol. The third-order valence-corrected chi connectivity index (χ3v) is 4.57. The monoisotopic (exact) mass is 278 g/mol. The number of hydrogen-bond donors (Lipinski definition) is 0. The molecule has 5 heteroatoms. The first-order valence-electron chi connectivity index (χ1n) is 6.30. The van der Waals surface area contributed by atoms with Crippen molar-refractivity contribution < 1.29 is 9.18 Å². The number of fused-ring (bicyclic) bond motifs is 1. The van der Waals surface area contributed by atoms with E-state index >= 15 is 0 Å². The Balaban J connectivity index is 1.85. The Kier molecular flexibility index (Phi) is 3.24. The largest absolute Gasteiger partial charge is 0.335 e. The van der Waals surface area contributed by atoms with Gasteiger partial charge in [0.2, 0.25) is 0 Å². The lowest BCUT2D eigenvalue weighted by Gasteiger charge is -2.32. The van der Waals surface area contributed by atoms with Crippen molar-refractivity contribution in [1.29, 1.82) is 0 Å². The van der Waals surface area contributed by atoms with Gasteiger partial charge in [0.15, 0.2) is 0 Å². The van der Waals surface area contributed by atoms with Crippen molar-refractivity contribution in [3.63, 3.8) is 0 Å². The predicted octanol–water partition coefficient (Wildman–Crippen LogP) is 2.43. The number of rotatable bonds is 1. The highest BCUT2D eigenvalue weighted by molar-refractivity contribution is 7.20. The van der Waals surface area contributed by atoms with Gasteiger partial charge in [0.1, 0.15) is 5.82 Å². The molecule has 0 bridgehead atoms. The minimum absolute atomic E-state index is 0.0645. The fourth-order valence-corrected chi connectivity index (χ4v) is 3.33. The van der Waals surface area contributed by atoms with Crippen LogP contribution in [0.4, 0.5) is 4.39 Å². The molecule has 100 valence electrons. The van der Waals surface area contributed by atoms with Gasteiger partial charge in [-0.2, -0.15) is 0 Å². The number of halogens is 1. The average Bonchev–Trinajstić information content (AvgIpc) is 2.81. The maximum Gasteiger partial charge on any atom is 0.264 e. The topological polar surface area (TPSA) is 23.6 Å². The molecule has 1 aromatic heterocycles. The molecule has 3 nitrogen and oxygen atoms in total. The standard InChI is InChI=1S/C14H15FN2OS/c1-16-4-6-17(7-5-16)14(18)13-8-10-2-3-11(15)9-12(10)19-13/h2-3,8-9H,4-7H2,1H3. The molecule has 1 saturated heterocycles. The molecule has 0 N–H and O–H groups in total. The van der Waals surface area contributed by atoms with Crippen molar-refractivity contribution in [3.8, 4) is 0 Å². The van der Waals surface area contributed by atoms with Gasteiger partial charge < -0.3 is 9.80 Å². The first kappa shape index (κ1) is 12.6. The lowest BCUT2D eigenvalue weighted by Crippen LogP contribution is -2.46. The minimum atomic E-state index is -0.257. The highest BCUT2D eigenvalue weighted by atomic mass is 32.1. The van der Waals surface area contributed by atoms with Gasteiger partial charge in [-0.05, 0) is 30.6 Å². The molecule has 0 spiro atoms. The van der Waals surface area contributed by atoms with Crippen molar-refractivity contribution in [2.24, 2.45) is 0 Å². The molecule has 3 rings (SSSR count). The van der Waals surface area contributed by atoms with Crippen LogP contribution in [-0.2, 0) is 0 Å². The third-order valence-electron chi connectivity index (χ3n) is 3.48. The van der Waals surface area contributed by atoms with Gasteiger partial charge in [0.05, 0.1) is 4.88 Å². The summed E-state index contributed by atoms with van der Waals surface area (Å²) in [5, 5.41) is 0.934. The van der Waals surface area contributed by atoms with Gasteiger partial charge in [0, 0.05) is 30.9 Å². The number of nitrogens with zero attached hydrogens (tertiary/aromatic N) is 2. The van der Waals surface area contributed by atoms with Crippen LogP contribution in [0.15, 0.2) is 24.3 Å². The highest BCUT2D eigenvalue weighted by Crippen LogP contribution is 2.27. The summed E-state index contributed by atoms with van der Waals surface area (Å²) >= 11 is 1.37. The van der Waals surface area contributed by atoms with Crippen LogP contribution in [0.2, 0.25) is 0 Å². The Hall–Kier alpha value is -1.46. The van der Waals surface area contributed by atoms with E-state index in [0.717, 1.165) is 36.3 Å². The van der Waals surface area contributed by atoms with Crippen LogP contribution in [0.1, 0.15) is 9.67 Å². The second kappa shape index (κ2) is 4.90. The van der Waals surface area contributed by atoms with E-state index in [1.165, 1.54) is 23.5 Å². The number of amides is 1. The summed E-state index contributed by atoms with van der Waals surface area (Å²) in [5.74, 6) is -0.192. The molecular weight excluding hydrogens is 263 g/mol. The number of thiophene rings is 1. The number of likely N-dealkylation sites (N-methyl/N-ethyl adjacent to an activating group) is 1. The summed E-state index contributed by atoms with van der Waals surface area (Å²) in [6, 6.07) is 6.50. The van der Waals surface area contributed by atoms with Crippen LogP contribution < -0.4 is 0 Å². The van der Waals surface area contributed by atoms with Gasteiger partial charge in [0.25, 0.3) is 5.91 Å². The fourth-order valence-electron chi connectivity index (χ4n) is 2.28. The third kappa shape index (κ3) is 2.48. The van der Waals surface area contributed by atoms with Crippen LogP contribution in [-0.4, -0.2) is 48.9 Å². The van der Waals surface area contributed by atoms with Crippen LogP contribution in [0.5, 0.6) is 0 Å². The predicted molar refractivity (Wildman–Crippen MR) is 75.2 cm³/mol. The van der Waals surface area contributed by atoms with Crippen molar-refractivity contribution in [1.82, 2.24) is 9.80 Å². The van der Waals surface area contributed by atoms with Gasteiger partial charge >= 0.3 is 0 Å². The molecule has 2 heterocycles. The van der Waals surface area contributed by atoms with E-state index in [4.69, 9.17) is 0 Å². The second-order valence-electron chi connectivity index (χ2n) is 4.89. The zero-order chi connectivity index (χ0) is 13.4. The Labute approximate surface area is 115 Å². The first-order valence-corrected chi connectivity index (χ1v) is 7.12. The summed E-state index contributed by atoms with van der Waals surface area (Å²) in [5.41, 5.74) is 0. The van der Waals surface area contributed by atoms with E-state index in [1.54, 1.807) is 6.07 Å². The van der Waals surface area contributed by atoms with Crippen LogP contribution >= 0.6 is 11.3 Å². The van der Waals surface area contributed by atoms with E-state index in [0.29, 0.717) is 4.88 Å². The zero-order valence-electron chi connectivity index (χ0n) is 10.7. The molecule has 1 aliphatic heterocycles. The number of hydrogen-bond acceptors (Lipinski definition) is 3. The molecule has 1 amide bonds. The lowest BCUT2D eigenvalue weighted by molar-refractivity contribution is 0.0669. The normalized spacial score (nSPS) is 17.1. The van der Waals surface area contributed by atoms with Crippen LogP contribution in [0, 0.1) is 5.82 Å². The van der Waals surface area contributed by atoms with Crippen molar-refractivity contribution in [3.05, 3.63) is 35.0 Å². The molecule has 0 saturated carbocycles. The Bertz CT molecular complexity index is 617. The van der Waals surface area contributed by atoms with Crippen molar-refractivity contribution in [2.45, 2.75) is 0 Å². The van der Waals surface area contributed by atoms with Crippen LogP contribution in [0.3, 0.4) is 0 Å². The Morgan fingerprint density at radius 1 is 1.21 bits per heavy atom. The maximum absolute atomic E-state index is 13.2. The second-order valence-corrected chi connectivity index (χ2v) is 5.97. The molecule has 1 aliphatic rings. The number of carbonyl (C=O) groups is 1. The fraction of sp³-hybridized carbons (Fsp3) is 0.357. The minimum Gasteiger partial charge on any atom is -0.335 e. The van der Waals surface area contributed by atoms with Crippen LogP contribution in [0.25, 0.3) is 10.1 Å². The van der Waals surface area contributed by atoms with Gasteiger partial charge in [-0.25, -0.2) is 4.39 Å². The Morgan fingerprint density at radius 3 is 2.68 bits per heavy atom. The molecule has 0 atom stereocenters. The number of benzene rings is 1. The van der Waals surface area contributed by atoms with E-state index in [2.05, 4.69) is 11.9 Å². The smallest absolute Gasteiger partial charge is 0.264 e. The molecular formula is C14H15FN2OS. The molecule has 1 aromatic carbocycles. The molecule has 0 aliphatic carbocycles. The summed E-state index contributed by atoms with van der Waals surface area (Å²) in [4.78, 5) is 17.2. The summed E-state index contributed by atoms with van der Waals surface area (Å²) in [6.45, 7) is 3.34. The van der Waals surface area contributed by atoms with Gasteiger partial charge in [-0.1, -0.05) is 6.07 Å². The van der Waals surface area contributed by atoms with Gasteiger partial charge in [-0.3, -0.25) is 4.79 Å². The van der Waals surface area contributed by atoms with E-state index in [9.17, 15) is 9.18 Å². The number of carbonyl (C=O) groups excluding carboxylic acids is 1. The van der Waals surface area contributed by atoms with E-state index in [-0.39, 0.29) is 11.7 Å². The molecule has 1 fully saturated rings. The Morgan fingerprint density at radius 2 is 1.95 bits per heavy atom. The van der Waals surface area contributed by atoms with Gasteiger partial charge in [-0.15, -0.1) is 11.3 Å². The quantitative estimate of drug-likeness (QED) is 0.800. The number of piperazine rings is 1. The molecule has 2 aromatic rings. The molecule has 19 heavy (non-hydrogen) atoms. The van der Waals surface area contributed by atoms with Crippen molar-refractivity contribution >= 4 is 27.3 Å². The summed E-state index contributed by atoms with van der Waals surface area (Å²) in [6.07, 6.45) is 0. The maximum atomic E-state index is 13.2. The van der Waals surface area contributed by atoms with Crippen molar-refractivity contribution in [2.75, 3.05) is 33.2 Å².